The molecule has 0 aromatic heterocycles. The van der Waals surface area contributed by atoms with Gasteiger partial charge in [0.1, 0.15) is 18.1 Å². The average molecular weight is 452 g/mol. The van der Waals surface area contributed by atoms with Gasteiger partial charge in [-0.3, -0.25) is 14.4 Å². The van der Waals surface area contributed by atoms with E-state index in [0.29, 0.717) is 25.1 Å². The van der Waals surface area contributed by atoms with Gasteiger partial charge in [0.25, 0.3) is 0 Å². The van der Waals surface area contributed by atoms with E-state index in [2.05, 4.69) is 28.6 Å². The molecule has 29 heavy (non-hydrogen) atoms. The molecule has 0 saturated carbocycles. The average Bonchev–Trinajstić information content (AvgIpc) is 2.68. The molecule has 12 heteroatoms. The van der Waals surface area contributed by atoms with Gasteiger partial charge in [0, 0.05) is 5.75 Å². The number of carbonyl (C=O) groups is 4. The molecule has 0 aromatic rings. The first kappa shape index (κ1) is 27.5. The van der Waals surface area contributed by atoms with Gasteiger partial charge in [-0.2, -0.15) is 24.4 Å². The fourth-order valence-corrected chi connectivity index (χ4v) is 3.01. The first-order valence-electron chi connectivity index (χ1n) is 9.37. The molecule has 8 N–H and O–H groups in total. The maximum atomic E-state index is 12.3. The van der Waals surface area contributed by atoms with Crippen LogP contribution in [0.1, 0.15) is 32.6 Å². The molecule has 0 radical (unpaired) electrons. The summed E-state index contributed by atoms with van der Waals surface area (Å²) in [4.78, 5) is 48.0. The minimum Gasteiger partial charge on any atom is -0.480 e. The summed E-state index contributed by atoms with van der Waals surface area (Å²) >= 11 is 5.51. The second-order valence-electron chi connectivity index (χ2n) is 6.55. The van der Waals surface area contributed by atoms with Crippen LogP contribution in [0.2, 0.25) is 0 Å². The summed E-state index contributed by atoms with van der Waals surface area (Å²) in [7, 11) is 0. The normalized spacial score (nSPS) is 14.9. The van der Waals surface area contributed by atoms with Gasteiger partial charge in [0.15, 0.2) is 0 Å². The third-order valence-electron chi connectivity index (χ3n) is 4.10. The van der Waals surface area contributed by atoms with Crippen molar-refractivity contribution >= 4 is 48.1 Å². The van der Waals surface area contributed by atoms with E-state index in [9.17, 15) is 24.3 Å². The largest absolute Gasteiger partial charge is 0.480 e. The molecule has 0 saturated heterocycles. The molecule has 0 rings (SSSR count). The minimum atomic E-state index is -1.15. The molecule has 168 valence electrons. The lowest BCUT2D eigenvalue weighted by Gasteiger charge is -2.22. The van der Waals surface area contributed by atoms with Gasteiger partial charge in [-0.15, -0.1) is 0 Å². The van der Waals surface area contributed by atoms with Crippen molar-refractivity contribution in [3.63, 3.8) is 0 Å². The lowest BCUT2D eigenvalue weighted by atomic mass is 10.1. The summed E-state index contributed by atoms with van der Waals surface area (Å²) in [6.07, 6.45) is 3.99. The Hall–Kier alpha value is -1.50. The Morgan fingerprint density at radius 1 is 1.00 bits per heavy atom. The van der Waals surface area contributed by atoms with E-state index in [1.807, 2.05) is 6.26 Å². The number of carbonyl (C=O) groups excluding carboxylic acids is 3. The van der Waals surface area contributed by atoms with Gasteiger partial charge in [-0.1, -0.05) is 6.42 Å². The van der Waals surface area contributed by atoms with Gasteiger partial charge in [0.05, 0.1) is 6.04 Å². The van der Waals surface area contributed by atoms with E-state index in [1.54, 1.807) is 0 Å². The number of hydrogen-bond acceptors (Lipinski definition) is 8. The van der Waals surface area contributed by atoms with Crippen LogP contribution in [-0.4, -0.2) is 77.3 Å². The molecule has 0 fully saturated rings. The number of carboxylic acids is 1. The van der Waals surface area contributed by atoms with Crippen molar-refractivity contribution in [2.75, 3.05) is 24.3 Å². The number of hydrogen-bond donors (Lipinski definition) is 7. The van der Waals surface area contributed by atoms with E-state index >= 15 is 0 Å². The highest BCUT2D eigenvalue weighted by atomic mass is 32.2. The summed E-state index contributed by atoms with van der Waals surface area (Å²) in [6.45, 7) is 1.98. The quantitative estimate of drug-likeness (QED) is 0.118. The SMILES string of the molecule is CSCCC(NC(=O)C(CS)NC(=O)C(C)NC(=O)C(N)CCCCN)C(=O)O. The van der Waals surface area contributed by atoms with Crippen LogP contribution in [0.25, 0.3) is 0 Å². The molecule has 3 amide bonds. The zero-order chi connectivity index (χ0) is 22.4. The van der Waals surface area contributed by atoms with Crippen molar-refractivity contribution < 1.29 is 24.3 Å². The van der Waals surface area contributed by atoms with Crippen molar-refractivity contribution in [2.45, 2.75) is 56.8 Å². The highest BCUT2D eigenvalue weighted by Gasteiger charge is 2.27. The molecule has 0 bridgehead atoms. The molecule has 4 atom stereocenters. The summed E-state index contributed by atoms with van der Waals surface area (Å²) < 4.78 is 0. The molecule has 0 aliphatic carbocycles. The van der Waals surface area contributed by atoms with E-state index in [0.717, 1.165) is 6.42 Å². The number of rotatable bonds is 15. The number of thioether (sulfide) groups is 1. The minimum absolute atomic E-state index is 0.0360. The third-order valence-corrected chi connectivity index (χ3v) is 5.11. The number of carboxylic acid groups (broad SMARTS) is 1. The second-order valence-corrected chi connectivity index (χ2v) is 7.90. The van der Waals surface area contributed by atoms with Gasteiger partial charge in [-0.05, 0) is 44.7 Å². The second kappa shape index (κ2) is 15.4. The Labute approximate surface area is 181 Å². The summed E-state index contributed by atoms with van der Waals surface area (Å²) in [6, 6.07) is -3.78. The zero-order valence-electron chi connectivity index (χ0n) is 16.8. The number of amides is 3. The van der Waals surface area contributed by atoms with Crippen molar-refractivity contribution in [1.29, 1.82) is 0 Å². The van der Waals surface area contributed by atoms with E-state index in [1.165, 1.54) is 18.7 Å². The van der Waals surface area contributed by atoms with E-state index < -0.39 is 47.9 Å². The number of nitrogens with two attached hydrogens (primary N) is 2. The highest BCUT2D eigenvalue weighted by molar-refractivity contribution is 7.98. The fourth-order valence-electron chi connectivity index (χ4n) is 2.28. The standard InChI is InChI=1S/C17H33N5O5S2/c1-10(20-15(24)11(19)5-3-4-7-18)14(23)22-13(9-28)16(25)21-12(17(26)27)6-8-29-2/h10-13,28H,3-9,18-19H2,1-2H3,(H,20,24)(H,21,25)(H,22,23)(H,26,27). The summed E-state index contributed by atoms with van der Waals surface area (Å²) in [5.74, 6) is -2.35. The number of unbranched alkanes of at least 4 members (excludes halogenated alkanes) is 1. The third kappa shape index (κ3) is 11.3. The molecular formula is C17H33N5O5S2. The molecule has 4 unspecified atom stereocenters. The Bertz CT molecular complexity index is 552. The van der Waals surface area contributed by atoms with Gasteiger partial charge < -0.3 is 32.5 Å². The van der Waals surface area contributed by atoms with Crippen LogP contribution in [0.3, 0.4) is 0 Å². The predicted octanol–water partition coefficient (Wildman–Crippen LogP) is -1.32. The van der Waals surface area contributed by atoms with Crippen molar-refractivity contribution in [3.8, 4) is 0 Å². The Kier molecular flexibility index (Phi) is 14.6. The van der Waals surface area contributed by atoms with Crippen molar-refractivity contribution in [3.05, 3.63) is 0 Å². The van der Waals surface area contributed by atoms with Gasteiger partial charge in [0.2, 0.25) is 17.7 Å². The smallest absolute Gasteiger partial charge is 0.326 e. The van der Waals surface area contributed by atoms with Crippen LogP contribution in [0, 0.1) is 0 Å². The van der Waals surface area contributed by atoms with Gasteiger partial charge in [-0.25, -0.2) is 4.79 Å². The number of thiol groups is 1. The number of nitrogens with one attached hydrogen (secondary N) is 3. The maximum absolute atomic E-state index is 12.3. The van der Waals surface area contributed by atoms with Crippen LogP contribution >= 0.6 is 24.4 Å². The monoisotopic (exact) mass is 451 g/mol. The van der Waals surface area contributed by atoms with Crippen molar-refractivity contribution in [2.24, 2.45) is 11.5 Å². The Morgan fingerprint density at radius 2 is 1.62 bits per heavy atom. The van der Waals surface area contributed by atoms with Crippen LogP contribution in [0.5, 0.6) is 0 Å². The topological polar surface area (TPSA) is 177 Å². The fraction of sp³-hybridized carbons (Fsp3) is 0.765. The van der Waals surface area contributed by atoms with Gasteiger partial charge >= 0.3 is 5.97 Å². The van der Waals surface area contributed by atoms with E-state index in [4.69, 9.17) is 11.5 Å². The van der Waals surface area contributed by atoms with E-state index in [-0.39, 0.29) is 12.2 Å². The van der Waals surface area contributed by atoms with Crippen LogP contribution in [0.15, 0.2) is 0 Å². The Balaban J connectivity index is 4.69. The predicted molar refractivity (Wildman–Crippen MR) is 117 cm³/mol. The molecule has 0 aliphatic rings. The van der Waals surface area contributed by atoms with Crippen LogP contribution < -0.4 is 27.4 Å². The summed E-state index contributed by atoms with van der Waals surface area (Å²) in [5, 5.41) is 16.6. The molecule has 0 aromatic carbocycles. The van der Waals surface area contributed by atoms with Crippen LogP contribution in [0.4, 0.5) is 0 Å². The Morgan fingerprint density at radius 3 is 2.14 bits per heavy atom. The molecule has 0 spiro atoms. The zero-order valence-corrected chi connectivity index (χ0v) is 18.6. The van der Waals surface area contributed by atoms with Crippen molar-refractivity contribution in [1.82, 2.24) is 16.0 Å². The summed E-state index contributed by atoms with van der Waals surface area (Å²) in [5.41, 5.74) is 11.2. The lowest BCUT2D eigenvalue weighted by Crippen LogP contribution is -2.57. The lowest BCUT2D eigenvalue weighted by molar-refractivity contribution is -0.142. The first-order valence-corrected chi connectivity index (χ1v) is 11.4. The first-order chi connectivity index (χ1) is 13.7. The molecule has 0 aliphatic heterocycles. The molecular weight excluding hydrogens is 418 g/mol. The highest BCUT2D eigenvalue weighted by Crippen LogP contribution is 2.03. The molecule has 0 heterocycles. The van der Waals surface area contributed by atoms with Crippen LogP contribution in [-0.2, 0) is 19.2 Å². The number of aliphatic carboxylic acids is 1. The maximum Gasteiger partial charge on any atom is 0.326 e. The molecule has 10 nitrogen and oxygen atoms in total.